The van der Waals surface area contributed by atoms with Crippen molar-refractivity contribution in [2.75, 3.05) is 11.9 Å². The zero-order valence-electron chi connectivity index (χ0n) is 12.1. The van der Waals surface area contributed by atoms with Gasteiger partial charge in [-0.1, -0.05) is 13.8 Å². The fourth-order valence-electron chi connectivity index (χ4n) is 1.91. The molecule has 0 bridgehead atoms. The quantitative estimate of drug-likeness (QED) is 0.566. The molecule has 2 N–H and O–H groups in total. The average molecular weight is 298 g/mol. The topological polar surface area (TPSA) is 92.5 Å². The Morgan fingerprint density at radius 3 is 2.67 bits per heavy atom. The van der Waals surface area contributed by atoms with Crippen LogP contribution in [-0.2, 0) is 4.79 Å². The minimum Gasteiger partial charge on any atom is -0.481 e. The maximum Gasteiger partial charge on any atom is 0.303 e. The number of benzene rings is 1. The molecule has 0 aromatic heterocycles. The van der Waals surface area contributed by atoms with Gasteiger partial charge in [0.15, 0.2) is 0 Å². The molecule has 0 fully saturated rings. The molecule has 116 valence electrons. The fraction of sp³-hybridized carbons (Fsp3) is 0.500. The van der Waals surface area contributed by atoms with Crippen molar-refractivity contribution in [1.29, 1.82) is 0 Å². The van der Waals surface area contributed by atoms with Gasteiger partial charge in [-0.15, -0.1) is 0 Å². The Kier molecular flexibility index (Phi) is 5.63. The molecule has 0 radical (unpaired) electrons. The van der Waals surface area contributed by atoms with Gasteiger partial charge in [0.2, 0.25) is 0 Å². The summed E-state index contributed by atoms with van der Waals surface area (Å²) in [6, 6.07) is 3.25. The number of carboxylic acid groups (broad SMARTS) is 1. The molecule has 0 saturated carbocycles. The molecule has 0 saturated heterocycles. The van der Waals surface area contributed by atoms with Gasteiger partial charge in [-0.25, -0.2) is 4.39 Å². The molecule has 21 heavy (non-hydrogen) atoms. The summed E-state index contributed by atoms with van der Waals surface area (Å²) in [5, 5.41) is 22.4. The molecule has 6 nitrogen and oxygen atoms in total. The number of nitro groups is 1. The van der Waals surface area contributed by atoms with Crippen molar-refractivity contribution < 1.29 is 19.2 Å². The molecule has 0 aliphatic heterocycles. The van der Waals surface area contributed by atoms with Gasteiger partial charge in [0, 0.05) is 25.1 Å². The molecule has 0 aliphatic rings. The van der Waals surface area contributed by atoms with Crippen molar-refractivity contribution in [2.45, 2.75) is 33.1 Å². The van der Waals surface area contributed by atoms with Crippen molar-refractivity contribution in [3.8, 4) is 0 Å². The summed E-state index contributed by atoms with van der Waals surface area (Å²) < 4.78 is 13.2. The van der Waals surface area contributed by atoms with Crippen LogP contribution in [0.15, 0.2) is 18.2 Å². The lowest BCUT2D eigenvalue weighted by Gasteiger charge is -2.24. The molecule has 0 spiro atoms. The van der Waals surface area contributed by atoms with Crippen LogP contribution >= 0.6 is 0 Å². The summed E-state index contributed by atoms with van der Waals surface area (Å²) in [5.74, 6) is -1.40. The largest absolute Gasteiger partial charge is 0.481 e. The SMILES string of the molecule is CC(C)(CCNc1cc(F)ccc1[N+](=O)[O-])CCC(=O)O. The van der Waals surface area contributed by atoms with Crippen LogP contribution in [0.2, 0.25) is 0 Å². The van der Waals surface area contributed by atoms with E-state index in [0.29, 0.717) is 19.4 Å². The highest BCUT2D eigenvalue weighted by Gasteiger charge is 2.20. The molecule has 0 aliphatic carbocycles. The third-order valence-electron chi connectivity index (χ3n) is 3.29. The Balaban J connectivity index is 2.61. The summed E-state index contributed by atoms with van der Waals surface area (Å²) in [5.41, 5.74) is -0.262. The smallest absolute Gasteiger partial charge is 0.303 e. The van der Waals surface area contributed by atoms with Gasteiger partial charge in [-0.2, -0.15) is 0 Å². The number of nitrogens with one attached hydrogen (secondary N) is 1. The number of hydrogen-bond donors (Lipinski definition) is 2. The molecule has 1 aromatic carbocycles. The van der Waals surface area contributed by atoms with Gasteiger partial charge in [0.05, 0.1) is 4.92 Å². The lowest BCUT2D eigenvalue weighted by Crippen LogP contribution is -2.18. The minimum absolute atomic E-state index is 0.0765. The Labute approximate surface area is 122 Å². The molecular formula is C14H19FN2O4. The van der Waals surface area contributed by atoms with Crippen LogP contribution < -0.4 is 5.32 Å². The van der Waals surface area contributed by atoms with E-state index in [1.54, 1.807) is 0 Å². The molecule has 1 rings (SSSR count). The van der Waals surface area contributed by atoms with Crippen molar-refractivity contribution in [1.82, 2.24) is 0 Å². The standard InChI is InChI=1S/C14H19FN2O4/c1-14(2,6-5-13(18)19)7-8-16-11-9-10(15)3-4-12(11)17(20)21/h3-4,9,16H,5-8H2,1-2H3,(H,18,19). The number of hydrogen-bond acceptors (Lipinski definition) is 4. The van der Waals surface area contributed by atoms with Gasteiger partial charge in [0.1, 0.15) is 11.5 Å². The summed E-state index contributed by atoms with van der Waals surface area (Å²) in [4.78, 5) is 20.8. The summed E-state index contributed by atoms with van der Waals surface area (Å²) in [7, 11) is 0. The zero-order chi connectivity index (χ0) is 16.0. The summed E-state index contributed by atoms with van der Waals surface area (Å²) in [6.45, 7) is 4.26. The monoisotopic (exact) mass is 298 g/mol. The van der Waals surface area contributed by atoms with E-state index in [9.17, 15) is 19.3 Å². The van der Waals surface area contributed by atoms with Gasteiger partial charge < -0.3 is 10.4 Å². The first-order valence-electron chi connectivity index (χ1n) is 6.61. The zero-order valence-corrected chi connectivity index (χ0v) is 12.1. The second-order valence-corrected chi connectivity index (χ2v) is 5.65. The first-order chi connectivity index (χ1) is 9.71. The van der Waals surface area contributed by atoms with Gasteiger partial charge in [-0.05, 0) is 24.3 Å². The van der Waals surface area contributed by atoms with Gasteiger partial charge >= 0.3 is 5.97 Å². The molecule has 0 unspecified atom stereocenters. The lowest BCUT2D eigenvalue weighted by molar-refractivity contribution is -0.384. The normalized spacial score (nSPS) is 11.2. The van der Waals surface area contributed by atoms with E-state index < -0.39 is 16.7 Å². The Morgan fingerprint density at radius 2 is 2.10 bits per heavy atom. The highest BCUT2D eigenvalue weighted by molar-refractivity contribution is 5.66. The number of nitro benzene ring substituents is 1. The van der Waals surface area contributed by atoms with Gasteiger partial charge in [-0.3, -0.25) is 14.9 Å². The number of rotatable bonds is 8. The van der Waals surface area contributed by atoms with Crippen molar-refractivity contribution in [3.05, 3.63) is 34.1 Å². The van der Waals surface area contributed by atoms with E-state index in [2.05, 4.69) is 5.32 Å². The highest BCUT2D eigenvalue weighted by atomic mass is 19.1. The van der Waals surface area contributed by atoms with Crippen molar-refractivity contribution >= 4 is 17.3 Å². The molecular weight excluding hydrogens is 279 g/mol. The van der Waals surface area contributed by atoms with Crippen LogP contribution in [-0.4, -0.2) is 22.5 Å². The van der Waals surface area contributed by atoms with Crippen LogP contribution in [0.1, 0.15) is 33.1 Å². The molecule has 1 aromatic rings. The number of aliphatic carboxylic acids is 1. The first kappa shape index (κ1) is 16.9. The Morgan fingerprint density at radius 1 is 1.43 bits per heavy atom. The van der Waals surface area contributed by atoms with Crippen LogP contribution in [0.4, 0.5) is 15.8 Å². The fourth-order valence-corrected chi connectivity index (χ4v) is 1.91. The van der Waals surface area contributed by atoms with Crippen molar-refractivity contribution in [3.63, 3.8) is 0 Å². The molecule has 0 atom stereocenters. The lowest BCUT2D eigenvalue weighted by atomic mass is 9.84. The number of anilines is 1. The Hall–Kier alpha value is -2.18. The molecule has 0 heterocycles. The summed E-state index contributed by atoms with van der Waals surface area (Å²) in [6.07, 6.45) is 1.20. The number of halogens is 1. The van der Waals surface area contributed by atoms with E-state index in [4.69, 9.17) is 5.11 Å². The Bertz CT molecular complexity index is 532. The van der Waals surface area contributed by atoms with Crippen LogP contribution in [0.25, 0.3) is 0 Å². The van der Waals surface area contributed by atoms with E-state index in [-0.39, 0.29) is 23.2 Å². The average Bonchev–Trinajstić information content (AvgIpc) is 2.36. The van der Waals surface area contributed by atoms with Gasteiger partial charge in [0.25, 0.3) is 5.69 Å². The van der Waals surface area contributed by atoms with Crippen LogP contribution in [0.3, 0.4) is 0 Å². The maximum absolute atomic E-state index is 13.2. The second kappa shape index (κ2) is 7.01. The van der Waals surface area contributed by atoms with E-state index in [1.165, 1.54) is 0 Å². The third-order valence-corrected chi connectivity index (χ3v) is 3.29. The summed E-state index contributed by atoms with van der Waals surface area (Å²) >= 11 is 0. The van der Waals surface area contributed by atoms with E-state index >= 15 is 0 Å². The first-order valence-corrected chi connectivity index (χ1v) is 6.61. The number of carboxylic acids is 1. The molecule has 0 amide bonds. The number of carbonyl (C=O) groups is 1. The number of nitrogens with zero attached hydrogens (tertiary/aromatic N) is 1. The van der Waals surface area contributed by atoms with Crippen LogP contribution in [0.5, 0.6) is 0 Å². The van der Waals surface area contributed by atoms with Crippen LogP contribution in [0, 0.1) is 21.3 Å². The predicted molar refractivity (Wildman–Crippen MR) is 76.8 cm³/mol. The minimum atomic E-state index is -0.850. The van der Waals surface area contributed by atoms with E-state index in [0.717, 1.165) is 18.2 Å². The maximum atomic E-state index is 13.2. The molecule has 7 heteroatoms. The second-order valence-electron chi connectivity index (χ2n) is 5.65. The predicted octanol–water partition coefficient (Wildman–Crippen LogP) is 3.43. The van der Waals surface area contributed by atoms with Crippen molar-refractivity contribution in [2.24, 2.45) is 5.41 Å². The third kappa shape index (κ3) is 5.76. The van der Waals surface area contributed by atoms with E-state index in [1.807, 2.05) is 13.8 Å². The highest BCUT2D eigenvalue weighted by Crippen LogP contribution is 2.29.